The van der Waals surface area contributed by atoms with Crippen LogP contribution in [0.2, 0.25) is 0 Å². The maximum Gasteiger partial charge on any atom is 0.00780 e. The van der Waals surface area contributed by atoms with Crippen molar-refractivity contribution in [2.75, 3.05) is 6.54 Å². The molecule has 1 saturated heterocycles. The Kier molecular flexibility index (Phi) is 2.52. The number of fused-ring (bicyclic) bond motifs is 2. The Morgan fingerprint density at radius 1 is 1.17 bits per heavy atom. The summed E-state index contributed by atoms with van der Waals surface area (Å²) in [5, 5.41) is 3.61. The molecule has 1 heterocycles. The molecule has 1 aliphatic heterocycles. The number of nitrogens with one attached hydrogen (secondary N) is 1. The van der Waals surface area contributed by atoms with Crippen molar-refractivity contribution >= 4 is 13.5 Å². The Balaban J connectivity index is 0.000000720. The lowest BCUT2D eigenvalue weighted by Crippen LogP contribution is -2.33. The van der Waals surface area contributed by atoms with Crippen molar-refractivity contribution in [3.63, 3.8) is 0 Å². The SMILES string of the molecule is CC1(C)C[C@@H]2C[C@@](C)(CN2)C1.S. The summed E-state index contributed by atoms with van der Waals surface area (Å²) in [6.07, 6.45) is 4.20. The van der Waals surface area contributed by atoms with Gasteiger partial charge in [-0.2, -0.15) is 13.5 Å². The monoisotopic (exact) mass is 187 g/mol. The van der Waals surface area contributed by atoms with E-state index in [-0.39, 0.29) is 13.5 Å². The predicted molar refractivity (Wildman–Crippen MR) is 57.9 cm³/mol. The van der Waals surface area contributed by atoms with Crippen LogP contribution in [0.5, 0.6) is 0 Å². The Morgan fingerprint density at radius 2 is 1.83 bits per heavy atom. The normalized spacial score (nSPS) is 43.8. The van der Waals surface area contributed by atoms with E-state index in [0.717, 1.165) is 6.04 Å². The van der Waals surface area contributed by atoms with Crippen LogP contribution in [-0.2, 0) is 0 Å². The van der Waals surface area contributed by atoms with Gasteiger partial charge in [-0.15, -0.1) is 0 Å². The van der Waals surface area contributed by atoms with Crippen LogP contribution >= 0.6 is 13.5 Å². The van der Waals surface area contributed by atoms with Crippen molar-refractivity contribution in [1.82, 2.24) is 5.32 Å². The molecule has 2 atom stereocenters. The zero-order chi connectivity index (χ0) is 8.11. The van der Waals surface area contributed by atoms with E-state index >= 15 is 0 Å². The number of rotatable bonds is 0. The van der Waals surface area contributed by atoms with E-state index in [0.29, 0.717) is 10.8 Å². The summed E-state index contributed by atoms with van der Waals surface area (Å²) in [4.78, 5) is 0. The van der Waals surface area contributed by atoms with Crippen LogP contribution in [0.4, 0.5) is 0 Å². The first kappa shape index (κ1) is 10.4. The van der Waals surface area contributed by atoms with Gasteiger partial charge < -0.3 is 5.32 Å². The Hall–Kier alpha value is 0.310. The van der Waals surface area contributed by atoms with Crippen LogP contribution in [0, 0.1) is 10.8 Å². The average Bonchev–Trinajstić information content (AvgIpc) is 2.03. The summed E-state index contributed by atoms with van der Waals surface area (Å²) in [6.45, 7) is 8.50. The van der Waals surface area contributed by atoms with Crippen LogP contribution in [0.1, 0.15) is 40.0 Å². The largest absolute Gasteiger partial charge is 0.313 e. The van der Waals surface area contributed by atoms with Gasteiger partial charge in [-0.3, -0.25) is 0 Å². The highest BCUT2D eigenvalue weighted by molar-refractivity contribution is 7.59. The predicted octanol–water partition coefficient (Wildman–Crippen LogP) is 2.29. The first-order valence-corrected chi connectivity index (χ1v) is 4.73. The molecule has 2 rings (SSSR count). The minimum Gasteiger partial charge on any atom is -0.313 e. The topological polar surface area (TPSA) is 12.0 Å². The minimum atomic E-state index is 0. The lowest BCUT2D eigenvalue weighted by Gasteiger charge is -2.39. The fraction of sp³-hybridized carbons (Fsp3) is 1.00. The van der Waals surface area contributed by atoms with Gasteiger partial charge in [-0.25, -0.2) is 0 Å². The molecule has 1 N–H and O–H groups in total. The molecule has 0 aromatic carbocycles. The molecule has 2 heteroatoms. The maximum absolute atomic E-state index is 3.61. The second-order valence-electron chi connectivity index (χ2n) is 5.64. The van der Waals surface area contributed by atoms with Crippen molar-refractivity contribution in [2.45, 2.75) is 46.1 Å². The van der Waals surface area contributed by atoms with E-state index in [1.165, 1.54) is 25.8 Å². The van der Waals surface area contributed by atoms with Crippen LogP contribution in [0.15, 0.2) is 0 Å². The Labute approximate surface area is 82.8 Å². The van der Waals surface area contributed by atoms with Gasteiger partial charge in [0.15, 0.2) is 0 Å². The van der Waals surface area contributed by atoms with Gasteiger partial charge in [0.1, 0.15) is 0 Å². The third kappa shape index (κ3) is 1.80. The van der Waals surface area contributed by atoms with Crippen LogP contribution in [0.3, 0.4) is 0 Å². The number of hydrogen-bond donors (Lipinski definition) is 1. The van der Waals surface area contributed by atoms with Crippen LogP contribution < -0.4 is 5.32 Å². The molecule has 2 aliphatic rings. The van der Waals surface area contributed by atoms with Gasteiger partial charge >= 0.3 is 0 Å². The van der Waals surface area contributed by atoms with Gasteiger partial charge in [-0.1, -0.05) is 20.8 Å². The van der Waals surface area contributed by atoms with Crippen LogP contribution in [-0.4, -0.2) is 12.6 Å². The zero-order valence-corrected chi connectivity index (χ0v) is 9.41. The highest BCUT2D eigenvalue weighted by Crippen LogP contribution is 2.48. The first-order chi connectivity index (χ1) is 4.99. The molecule has 0 radical (unpaired) electrons. The molecule has 2 fully saturated rings. The molecule has 1 nitrogen and oxygen atoms in total. The molecule has 12 heavy (non-hydrogen) atoms. The minimum absolute atomic E-state index is 0. The smallest absolute Gasteiger partial charge is 0.00780 e. The average molecular weight is 187 g/mol. The lowest BCUT2D eigenvalue weighted by atomic mass is 9.65. The molecule has 0 aromatic rings. The molecule has 0 spiro atoms. The van der Waals surface area contributed by atoms with Gasteiger partial charge in [-0.05, 0) is 30.1 Å². The van der Waals surface area contributed by atoms with Gasteiger partial charge in [0.25, 0.3) is 0 Å². The molecule has 0 unspecified atom stereocenters. The van der Waals surface area contributed by atoms with Crippen molar-refractivity contribution in [1.29, 1.82) is 0 Å². The lowest BCUT2D eigenvalue weighted by molar-refractivity contribution is 0.135. The van der Waals surface area contributed by atoms with Gasteiger partial charge in [0.2, 0.25) is 0 Å². The Morgan fingerprint density at radius 3 is 2.42 bits per heavy atom. The zero-order valence-electron chi connectivity index (χ0n) is 8.41. The standard InChI is InChI=1S/C10H19N.H2S/c1-9(2)4-8-5-10(3,6-9)7-11-8;/h8,11H,4-7H2,1-3H3;1H2/t8-,10-;/m1./s1. The van der Waals surface area contributed by atoms with E-state index < -0.39 is 0 Å². The Bertz CT molecular complexity index is 179. The fourth-order valence-corrected chi connectivity index (χ4v) is 3.30. The molecule has 2 bridgehead atoms. The fourth-order valence-electron chi connectivity index (χ4n) is 3.30. The summed E-state index contributed by atoms with van der Waals surface area (Å²) in [7, 11) is 0. The van der Waals surface area contributed by atoms with E-state index in [4.69, 9.17) is 0 Å². The third-order valence-electron chi connectivity index (χ3n) is 3.26. The molecular weight excluding hydrogens is 166 g/mol. The highest BCUT2D eigenvalue weighted by Gasteiger charge is 2.45. The van der Waals surface area contributed by atoms with Gasteiger partial charge in [0.05, 0.1) is 0 Å². The van der Waals surface area contributed by atoms with Crippen LogP contribution in [0.25, 0.3) is 0 Å². The summed E-state index contributed by atoms with van der Waals surface area (Å²) in [6, 6.07) is 0.823. The molecule has 1 saturated carbocycles. The third-order valence-corrected chi connectivity index (χ3v) is 3.26. The molecule has 1 aliphatic carbocycles. The molecule has 72 valence electrons. The second kappa shape index (κ2) is 2.91. The quantitative estimate of drug-likeness (QED) is 0.613. The summed E-state index contributed by atoms with van der Waals surface area (Å²) in [5.41, 5.74) is 1.20. The van der Waals surface area contributed by atoms with Gasteiger partial charge in [0, 0.05) is 12.6 Å². The summed E-state index contributed by atoms with van der Waals surface area (Å²) < 4.78 is 0. The van der Waals surface area contributed by atoms with E-state index in [2.05, 4.69) is 26.1 Å². The first-order valence-electron chi connectivity index (χ1n) is 4.73. The molecule has 0 aromatic heterocycles. The summed E-state index contributed by atoms with van der Waals surface area (Å²) >= 11 is 0. The van der Waals surface area contributed by atoms with Crippen molar-refractivity contribution in [2.24, 2.45) is 10.8 Å². The van der Waals surface area contributed by atoms with Crippen molar-refractivity contribution in [3.05, 3.63) is 0 Å². The van der Waals surface area contributed by atoms with E-state index in [1.54, 1.807) is 0 Å². The van der Waals surface area contributed by atoms with Crippen molar-refractivity contribution < 1.29 is 0 Å². The van der Waals surface area contributed by atoms with E-state index in [9.17, 15) is 0 Å². The summed E-state index contributed by atoms with van der Waals surface area (Å²) in [5.74, 6) is 0. The molecule has 0 amide bonds. The molecular formula is C10H21NS. The van der Waals surface area contributed by atoms with E-state index in [1.807, 2.05) is 0 Å². The second-order valence-corrected chi connectivity index (χ2v) is 5.64. The maximum atomic E-state index is 3.61. The highest BCUT2D eigenvalue weighted by atomic mass is 32.1. The van der Waals surface area contributed by atoms with Crippen molar-refractivity contribution in [3.8, 4) is 0 Å². The number of hydrogen-bond acceptors (Lipinski definition) is 1.